The fourth-order valence-corrected chi connectivity index (χ4v) is 2.75. The van der Waals surface area contributed by atoms with E-state index in [0.717, 1.165) is 0 Å². The molecule has 1 unspecified atom stereocenters. The van der Waals surface area contributed by atoms with Crippen LogP contribution in [-0.2, 0) is 14.3 Å². The number of anilines is 1. The van der Waals surface area contributed by atoms with Crippen LogP contribution in [0.5, 0.6) is 0 Å². The Labute approximate surface area is 165 Å². The Morgan fingerprint density at radius 3 is 2.43 bits per heavy atom. The Morgan fingerprint density at radius 2 is 1.86 bits per heavy atom. The molecule has 0 spiro atoms. The highest BCUT2D eigenvalue weighted by molar-refractivity contribution is 6.32. The van der Waals surface area contributed by atoms with Crippen molar-refractivity contribution in [2.24, 2.45) is 0 Å². The Balaban J connectivity index is 1.90. The summed E-state index contributed by atoms with van der Waals surface area (Å²) in [5, 5.41) is 10.8. The van der Waals surface area contributed by atoms with Crippen molar-refractivity contribution in [2.75, 3.05) is 11.5 Å². The maximum absolute atomic E-state index is 12.4. The van der Waals surface area contributed by atoms with Gasteiger partial charge in [0, 0.05) is 23.4 Å². The topological polar surface area (TPSA) is 99.0 Å². The van der Waals surface area contributed by atoms with Gasteiger partial charge in [-0.1, -0.05) is 11.6 Å². The van der Waals surface area contributed by atoms with Gasteiger partial charge < -0.3 is 9.47 Å². The number of rotatable bonds is 5. The predicted octanol–water partition coefficient (Wildman–Crippen LogP) is 3.70. The van der Waals surface area contributed by atoms with Gasteiger partial charge in [-0.05, 0) is 43.3 Å². The number of alkyl halides is 1. The van der Waals surface area contributed by atoms with Gasteiger partial charge in [0.15, 0.2) is 0 Å². The van der Waals surface area contributed by atoms with Crippen LogP contribution >= 0.6 is 11.6 Å². The highest BCUT2D eigenvalue weighted by atomic mass is 35.5. The van der Waals surface area contributed by atoms with Gasteiger partial charge in [-0.2, -0.15) is 0 Å². The van der Waals surface area contributed by atoms with Gasteiger partial charge in [0.1, 0.15) is 5.76 Å². The first kappa shape index (κ1) is 19.4. The van der Waals surface area contributed by atoms with Gasteiger partial charge >= 0.3 is 5.97 Å². The number of non-ortho nitro benzene ring substituents is 1. The van der Waals surface area contributed by atoms with Crippen LogP contribution < -0.4 is 4.90 Å². The molecule has 1 atom stereocenters. The number of carbonyl (C=O) groups excluding carboxylic acids is 2. The molecule has 1 aliphatic heterocycles. The van der Waals surface area contributed by atoms with Gasteiger partial charge in [-0.15, -0.1) is 0 Å². The molecule has 0 saturated heterocycles. The SMILES string of the molecule is CCOC(=O)c1ccc(N2C=C(c3ccc([N+](=O)[O-])cc3)OC(Cl)C2=O)cc1. The van der Waals surface area contributed by atoms with Crippen molar-refractivity contribution in [1.29, 1.82) is 0 Å². The van der Waals surface area contributed by atoms with Crippen molar-refractivity contribution < 1.29 is 24.0 Å². The fraction of sp³-hybridized carbons (Fsp3) is 0.158. The van der Waals surface area contributed by atoms with E-state index in [9.17, 15) is 19.7 Å². The van der Waals surface area contributed by atoms with Crippen LogP contribution in [-0.4, -0.2) is 29.0 Å². The molecule has 0 fully saturated rings. The molecule has 0 aromatic heterocycles. The van der Waals surface area contributed by atoms with Crippen molar-refractivity contribution in [3.8, 4) is 0 Å². The van der Waals surface area contributed by atoms with Gasteiger partial charge in [0.05, 0.1) is 23.3 Å². The molecule has 0 N–H and O–H groups in total. The quantitative estimate of drug-likeness (QED) is 0.327. The van der Waals surface area contributed by atoms with Crippen LogP contribution in [0.3, 0.4) is 0 Å². The van der Waals surface area contributed by atoms with Crippen LogP contribution in [0, 0.1) is 10.1 Å². The number of halogens is 1. The van der Waals surface area contributed by atoms with E-state index in [1.165, 1.54) is 35.4 Å². The standard InChI is InChI=1S/C19H15ClN2O6/c1-2-27-19(24)13-5-7-14(8-6-13)21-11-16(28-17(20)18(21)23)12-3-9-15(10-4-12)22(25)26/h3-11,17H,2H2,1H3. The van der Waals surface area contributed by atoms with E-state index < -0.39 is 22.4 Å². The molecule has 0 radical (unpaired) electrons. The van der Waals surface area contributed by atoms with Crippen molar-refractivity contribution >= 4 is 40.6 Å². The zero-order valence-corrected chi connectivity index (χ0v) is 15.5. The number of benzene rings is 2. The van der Waals surface area contributed by atoms with Crippen molar-refractivity contribution in [3.63, 3.8) is 0 Å². The molecular weight excluding hydrogens is 388 g/mol. The lowest BCUT2D eigenvalue weighted by Crippen LogP contribution is -2.38. The summed E-state index contributed by atoms with van der Waals surface area (Å²) in [5.74, 6) is -0.681. The summed E-state index contributed by atoms with van der Waals surface area (Å²) >= 11 is 6.02. The van der Waals surface area contributed by atoms with Gasteiger partial charge in [-0.25, -0.2) is 4.79 Å². The lowest BCUT2D eigenvalue weighted by atomic mass is 10.1. The number of esters is 1. The molecule has 2 aromatic carbocycles. The maximum Gasteiger partial charge on any atom is 0.338 e. The summed E-state index contributed by atoms with van der Waals surface area (Å²) in [6, 6.07) is 11.9. The molecule has 0 aliphatic carbocycles. The molecule has 28 heavy (non-hydrogen) atoms. The highest BCUT2D eigenvalue weighted by Gasteiger charge is 2.31. The Hall–Kier alpha value is -3.39. The summed E-state index contributed by atoms with van der Waals surface area (Å²) in [6.45, 7) is 1.97. The van der Waals surface area contributed by atoms with Crippen LogP contribution in [0.15, 0.2) is 54.7 Å². The summed E-state index contributed by atoms with van der Waals surface area (Å²) < 4.78 is 10.4. The summed E-state index contributed by atoms with van der Waals surface area (Å²) in [7, 11) is 0. The third-order valence-electron chi connectivity index (χ3n) is 3.93. The van der Waals surface area contributed by atoms with Crippen molar-refractivity contribution in [3.05, 3.63) is 76.0 Å². The van der Waals surface area contributed by atoms with Crippen LogP contribution in [0.1, 0.15) is 22.8 Å². The predicted molar refractivity (Wildman–Crippen MR) is 102 cm³/mol. The van der Waals surface area contributed by atoms with Crippen LogP contribution in [0.25, 0.3) is 5.76 Å². The Morgan fingerprint density at radius 1 is 1.21 bits per heavy atom. The Kier molecular flexibility index (Phi) is 5.60. The molecule has 1 amide bonds. The Bertz CT molecular complexity index is 940. The monoisotopic (exact) mass is 402 g/mol. The number of nitrogens with zero attached hydrogens (tertiary/aromatic N) is 2. The van der Waals surface area contributed by atoms with E-state index in [2.05, 4.69) is 0 Å². The molecule has 2 aromatic rings. The number of hydrogen-bond acceptors (Lipinski definition) is 6. The van der Waals surface area contributed by atoms with E-state index in [1.54, 1.807) is 31.2 Å². The van der Waals surface area contributed by atoms with E-state index in [4.69, 9.17) is 21.1 Å². The zero-order chi connectivity index (χ0) is 20.3. The second-order valence-electron chi connectivity index (χ2n) is 5.71. The van der Waals surface area contributed by atoms with Crippen molar-refractivity contribution in [1.82, 2.24) is 0 Å². The summed E-state index contributed by atoms with van der Waals surface area (Å²) in [5.41, 5.74) is 0.0293. The minimum absolute atomic E-state index is 0.0648. The van der Waals surface area contributed by atoms with E-state index >= 15 is 0 Å². The normalized spacial score (nSPS) is 16.2. The highest BCUT2D eigenvalue weighted by Crippen LogP contribution is 2.30. The first-order valence-corrected chi connectivity index (χ1v) is 8.72. The van der Waals surface area contributed by atoms with E-state index in [1.807, 2.05) is 0 Å². The molecule has 0 saturated carbocycles. The second-order valence-corrected chi connectivity index (χ2v) is 6.10. The number of amides is 1. The molecular formula is C19H15ClN2O6. The number of nitro benzene ring substituents is 1. The fourth-order valence-electron chi connectivity index (χ4n) is 2.55. The number of ether oxygens (including phenoxy) is 2. The lowest BCUT2D eigenvalue weighted by Gasteiger charge is -2.28. The summed E-state index contributed by atoms with van der Waals surface area (Å²) in [4.78, 5) is 35.7. The molecule has 0 bridgehead atoms. The molecule has 144 valence electrons. The third-order valence-corrected chi connectivity index (χ3v) is 4.20. The lowest BCUT2D eigenvalue weighted by molar-refractivity contribution is -0.384. The minimum Gasteiger partial charge on any atom is -0.463 e. The molecule has 1 heterocycles. The summed E-state index contributed by atoms with van der Waals surface area (Å²) in [6.07, 6.45) is 1.45. The van der Waals surface area contributed by atoms with Crippen LogP contribution in [0.4, 0.5) is 11.4 Å². The van der Waals surface area contributed by atoms with Crippen LogP contribution in [0.2, 0.25) is 0 Å². The second kappa shape index (κ2) is 8.10. The van der Waals surface area contributed by atoms with Gasteiger partial charge in [0.25, 0.3) is 17.2 Å². The largest absolute Gasteiger partial charge is 0.463 e. The van der Waals surface area contributed by atoms with Gasteiger partial charge in [-0.3, -0.25) is 19.8 Å². The number of carbonyl (C=O) groups is 2. The molecule has 1 aliphatic rings. The first-order chi connectivity index (χ1) is 13.4. The molecule has 3 rings (SSSR count). The maximum atomic E-state index is 12.4. The molecule has 9 heteroatoms. The molecule has 8 nitrogen and oxygen atoms in total. The minimum atomic E-state index is -1.26. The smallest absolute Gasteiger partial charge is 0.338 e. The van der Waals surface area contributed by atoms with E-state index in [0.29, 0.717) is 16.8 Å². The number of nitro groups is 1. The number of hydrogen-bond donors (Lipinski definition) is 0. The van der Waals surface area contributed by atoms with Gasteiger partial charge in [0.2, 0.25) is 0 Å². The van der Waals surface area contributed by atoms with Crippen molar-refractivity contribution in [2.45, 2.75) is 12.5 Å². The zero-order valence-electron chi connectivity index (χ0n) is 14.7. The average Bonchev–Trinajstić information content (AvgIpc) is 2.70. The third kappa shape index (κ3) is 3.96. The first-order valence-electron chi connectivity index (χ1n) is 8.28. The van der Waals surface area contributed by atoms with E-state index in [-0.39, 0.29) is 18.1 Å². The average molecular weight is 403 g/mol.